The molecule has 0 aliphatic carbocycles. The van der Waals surface area contributed by atoms with E-state index in [-0.39, 0.29) is 23.7 Å². The van der Waals surface area contributed by atoms with E-state index in [9.17, 15) is 15.0 Å². The molecule has 0 saturated heterocycles. The lowest BCUT2D eigenvalue weighted by Crippen LogP contribution is -2.01. The molecule has 2 aromatic rings. The Bertz CT molecular complexity index is 527. The Balaban J connectivity index is 2.07. The number of carbonyl (C=O) groups is 1. The van der Waals surface area contributed by atoms with Gasteiger partial charge in [-0.2, -0.15) is 0 Å². The fraction of sp³-hybridized carbons (Fsp3) is 0.133. The van der Waals surface area contributed by atoms with Gasteiger partial charge in [0.25, 0.3) is 0 Å². The summed E-state index contributed by atoms with van der Waals surface area (Å²) < 4.78 is 0. The molecule has 2 rings (SSSR count). The quantitative estimate of drug-likeness (QED) is 0.810. The molecule has 0 aliphatic heterocycles. The third kappa shape index (κ3) is 2.69. The Kier molecular flexibility index (Phi) is 3.63. The van der Waals surface area contributed by atoms with Crippen LogP contribution in [0.2, 0.25) is 0 Å². The molecule has 0 unspecified atom stereocenters. The molecule has 0 aromatic heterocycles. The fourth-order valence-electron chi connectivity index (χ4n) is 1.83. The van der Waals surface area contributed by atoms with Crippen LogP contribution in [0.4, 0.5) is 0 Å². The van der Waals surface area contributed by atoms with Crippen molar-refractivity contribution in [2.75, 3.05) is 0 Å². The highest BCUT2D eigenvalue weighted by molar-refractivity contribution is 5.96. The molecule has 92 valence electrons. The van der Waals surface area contributed by atoms with E-state index in [1.54, 1.807) is 18.2 Å². The van der Waals surface area contributed by atoms with Gasteiger partial charge in [0.05, 0.1) is 0 Å². The lowest BCUT2D eigenvalue weighted by atomic mass is 10.0. The monoisotopic (exact) mass is 242 g/mol. The van der Waals surface area contributed by atoms with Gasteiger partial charge in [0.15, 0.2) is 5.78 Å². The minimum absolute atomic E-state index is 0.00162. The highest BCUT2D eigenvalue weighted by Crippen LogP contribution is 2.27. The van der Waals surface area contributed by atoms with Gasteiger partial charge in [-0.25, -0.2) is 0 Å². The molecule has 0 amide bonds. The van der Waals surface area contributed by atoms with Crippen molar-refractivity contribution in [1.82, 2.24) is 0 Å². The van der Waals surface area contributed by atoms with Crippen LogP contribution in [0.25, 0.3) is 0 Å². The summed E-state index contributed by atoms with van der Waals surface area (Å²) in [6.07, 6.45) is 0.585. The number of phenols is 2. The SMILES string of the molecule is O=C(CCc1c(O)cccc1O)c1ccccc1. The number of carbonyl (C=O) groups excluding carboxylic acids is 1. The van der Waals surface area contributed by atoms with Gasteiger partial charge in [-0.05, 0) is 18.6 Å². The van der Waals surface area contributed by atoms with Crippen LogP contribution in [0, 0.1) is 0 Å². The predicted octanol–water partition coefficient (Wildman–Crippen LogP) is 2.91. The number of benzene rings is 2. The molecule has 3 nitrogen and oxygen atoms in total. The molecule has 3 heteroatoms. The average molecular weight is 242 g/mol. The van der Waals surface area contributed by atoms with E-state index in [1.165, 1.54) is 12.1 Å². The summed E-state index contributed by atoms with van der Waals surface area (Å²) in [7, 11) is 0. The fourth-order valence-corrected chi connectivity index (χ4v) is 1.83. The van der Waals surface area contributed by atoms with Crippen molar-refractivity contribution in [3.05, 3.63) is 59.7 Å². The molecular formula is C15H14O3. The highest BCUT2D eigenvalue weighted by Gasteiger charge is 2.10. The summed E-state index contributed by atoms with van der Waals surface area (Å²) >= 11 is 0. The van der Waals surface area contributed by atoms with Crippen LogP contribution >= 0.6 is 0 Å². The standard InChI is InChI=1S/C15H14O3/c16-13(11-5-2-1-3-6-11)10-9-12-14(17)7-4-8-15(12)18/h1-8,17-18H,9-10H2. The highest BCUT2D eigenvalue weighted by atomic mass is 16.3. The van der Waals surface area contributed by atoms with Crippen molar-refractivity contribution in [2.24, 2.45) is 0 Å². The molecule has 18 heavy (non-hydrogen) atoms. The molecule has 0 bridgehead atoms. The molecule has 2 N–H and O–H groups in total. The molecule has 0 saturated carbocycles. The molecule has 0 heterocycles. The maximum Gasteiger partial charge on any atom is 0.163 e. The van der Waals surface area contributed by atoms with Gasteiger partial charge in [-0.15, -0.1) is 0 Å². The normalized spacial score (nSPS) is 10.2. The van der Waals surface area contributed by atoms with Gasteiger partial charge in [0.2, 0.25) is 0 Å². The van der Waals surface area contributed by atoms with E-state index >= 15 is 0 Å². The summed E-state index contributed by atoms with van der Waals surface area (Å²) in [6, 6.07) is 13.6. The first kappa shape index (κ1) is 12.2. The number of phenolic OH excluding ortho intramolecular Hbond substituents is 2. The van der Waals surface area contributed by atoms with Crippen molar-refractivity contribution >= 4 is 5.78 Å². The second kappa shape index (κ2) is 5.36. The van der Waals surface area contributed by atoms with Crippen LogP contribution in [0.3, 0.4) is 0 Å². The maximum absolute atomic E-state index is 11.9. The van der Waals surface area contributed by atoms with Gasteiger partial charge >= 0.3 is 0 Å². The van der Waals surface area contributed by atoms with Crippen LogP contribution in [0.15, 0.2) is 48.5 Å². The van der Waals surface area contributed by atoms with Crippen LogP contribution < -0.4 is 0 Å². The number of ketones is 1. The zero-order valence-electron chi connectivity index (χ0n) is 9.84. The number of hydrogen-bond donors (Lipinski definition) is 2. The molecule has 0 atom stereocenters. The first-order valence-electron chi connectivity index (χ1n) is 5.76. The second-order valence-electron chi connectivity index (χ2n) is 4.06. The van der Waals surface area contributed by atoms with Crippen molar-refractivity contribution in [1.29, 1.82) is 0 Å². The number of rotatable bonds is 4. The van der Waals surface area contributed by atoms with E-state index in [2.05, 4.69) is 0 Å². The molecular weight excluding hydrogens is 228 g/mol. The summed E-state index contributed by atoms with van der Waals surface area (Å²) in [5, 5.41) is 19.2. The molecule has 0 fully saturated rings. The third-order valence-corrected chi connectivity index (χ3v) is 2.82. The summed E-state index contributed by atoms with van der Waals surface area (Å²) in [5.41, 5.74) is 1.06. The van der Waals surface area contributed by atoms with Crippen LogP contribution in [0.1, 0.15) is 22.3 Å². The summed E-state index contributed by atoms with van der Waals surface area (Å²) in [5.74, 6) is 0.0463. The largest absolute Gasteiger partial charge is 0.508 e. The van der Waals surface area contributed by atoms with Crippen molar-refractivity contribution in [2.45, 2.75) is 12.8 Å². The Hall–Kier alpha value is -2.29. The van der Waals surface area contributed by atoms with Crippen LogP contribution in [-0.4, -0.2) is 16.0 Å². The molecule has 0 spiro atoms. The van der Waals surface area contributed by atoms with Crippen molar-refractivity contribution in [3.8, 4) is 11.5 Å². The lowest BCUT2D eigenvalue weighted by molar-refractivity contribution is 0.0982. The Morgan fingerprint density at radius 2 is 1.50 bits per heavy atom. The lowest BCUT2D eigenvalue weighted by Gasteiger charge is -2.06. The van der Waals surface area contributed by atoms with E-state index in [4.69, 9.17) is 0 Å². The third-order valence-electron chi connectivity index (χ3n) is 2.82. The van der Waals surface area contributed by atoms with Crippen molar-refractivity contribution < 1.29 is 15.0 Å². The van der Waals surface area contributed by atoms with Gasteiger partial charge in [-0.1, -0.05) is 36.4 Å². The van der Waals surface area contributed by atoms with E-state index in [0.29, 0.717) is 17.5 Å². The second-order valence-corrected chi connectivity index (χ2v) is 4.06. The van der Waals surface area contributed by atoms with E-state index < -0.39 is 0 Å². The van der Waals surface area contributed by atoms with Crippen molar-refractivity contribution in [3.63, 3.8) is 0 Å². The maximum atomic E-state index is 11.9. The Labute approximate surface area is 105 Å². The first-order chi connectivity index (χ1) is 8.68. The van der Waals surface area contributed by atoms with Gasteiger partial charge in [0, 0.05) is 17.5 Å². The first-order valence-corrected chi connectivity index (χ1v) is 5.76. The molecule has 2 aromatic carbocycles. The minimum Gasteiger partial charge on any atom is -0.508 e. The number of Topliss-reactive ketones (excluding diaryl/α,β-unsaturated/α-hetero) is 1. The topological polar surface area (TPSA) is 57.5 Å². The zero-order chi connectivity index (χ0) is 13.0. The Morgan fingerprint density at radius 3 is 2.11 bits per heavy atom. The smallest absolute Gasteiger partial charge is 0.163 e. The predicted molar refractivity (Wildman–Crippen MR) is 68.9 cm³/mol. The number of hydrogen-bond acceptors (Lipinski definition) is 3. The van der Waals surface area contributed by atoms with Gasteiger partial charge < -0.3 is 10.2 Å². The van der Waals surface area contributed by atoms with E-state index in [0.717, 1.165) is 0 Å². The van der Waals surface area contributed by atoms with Gasteiger partial charge in [0.1, 0.15) is 11.5 Å². The van der Waals surface area contributed by atoms with Gasteiger partial charge in [-0.3, -0.25) is 4.79 Å². The average Bonchev–Trinajstić information content (AvgIpc) is 2.39. The van der Waals surface area contributed by atoms with Crippen LogP contribution in [-0.2, 0) is 6.42 Å². The minimum atomic E-state index is -0.00162. The molecule has 0 radical (unpaired) electrons. The summed E-state index contributed by atoms with van der Waals surface area (Å²) in [6.45, 7) is 0. The molecule has 0 aliphatic rings. The Morgan fingerprint density at radius 1 is 0.889 bits per heavy atom. The zero-order valence-corrected chi connectivity index (χ0v) is 9.84. The van der Waals surface area contributed by atoms with Crippen LogP contribution in [0.5, 0.6) is 11.5 Å². The van der Waals surface area contributed by atoms with E-state index in [1.807, 2.05) is 18.2 Å². The number of aromatic hydroxyl groups is 2. The summed E-state index contributed by atoms with van der Waals surface area (Å²) in [4.78, 5) is 11.9.